The number of anilines is 6. The highest BCUT2D eigenvalue weighted by Gasteiger charge is 2.52. The van der Waals surface area contributed by atoms with Gasteiger partial charge in [0.05, 0.1) is 0 Å². The number of para-hydroxylation sites is 5. The summed E-state index contributed by atoms with van der Waals surface area (Å²) < 4.78 is 28.3. The van der Waals surface area contributed by atoms with Gasteiger partial charge in [-0.1, -0.05) is 124 Å². The molecule has 0 bridgehead atoms. The monoisotopic (exact) mass is 888 g/mol. The molecule has 0 saturated heterocycles. The second-order valence-electron chi connectivity index (χ2n) is 20.4. The molecule has 0 fully saturated rings. The summed E-state index contributed by atoms with van der Waals surface area (Å²) in [5.74, 6) is 6.76. The van der Waals surface area contributed by atoms with Crippen molar-refractivity contribution in [3.05, 3.63) is 187 Å². The van der Waals surface area contributed by atoms with Crippen molar-refractivity contribution in [3.63, 3.8) is 0 Å². The lowest BCUT2D eigenvalue weighted by molar-refractivity contribution is 0.464. The Balaban J connectivity index is 1.11. The first-order chi connectivity index (χ1) is 33.7. The molecule has 0 aromatic heterocycles. The largest absolute Gasteiger partial charge is 0.459 e. The summed E-state index contributed by atoms with van der Waals surface area (Å²) in [5, 5.41) is 0. The van der Waals surface area contributed by atoms with E-state index in [0.29, 0.717) is 0 Å². The second kappa shape index (κ2) is 13.8. The van der Waals surface area contributed by atoms with Crippen LogP contribution in [0.15, 0.2) is 170 Å². The number of ether oxygens (including phenoxy) is 4. The van der Waals surface area contributed by atoms with Crippen molar-refractivity contribution < 1.29 is 18.9 Å². The lowest BCUT2D eigenvalue weighted by Gasteiger charge is -2.47. The number of aryl methyl sites for hydroxylation is 2. The van der Waals surface area contributed by atoms with Crippen molar-refractivity contribution in [3.8, 4) is 46.0 Å². The Kier molecular flexibility index (Phi) is 7.80. The minimum Gasteiger partial charge on any atom is -0.459 e. The highest BCUT2D eigenvalue weighted by molar-refractivity contribution is 7.04. The van der Waals surface area contributed by atoms with E-state index in [2.05, 4.69) is 208 Å². The molecule has 9 aromatic rings. The van der Waals surface area contributed by atoms with Gasteiger partial charge in [-0.2, -0.15) is 0 Å². The maximum absolute atomic E-state index is 7.50. The summed E-state index contributed by atoms with van der Waals surface area (Å²) in [4.78, 5) is 5.03. The zero-order valence-electron chi connectivity index (χ0n) is 38.9. The zero-order valence-corrected chi connectivity index (χ0v) is 38.9. The van der Waals surface area contributed by atoms with Crippen LogP contribution in [0, 0.1) is 13.8 Å². The number of hydrogen-bond acceptors (Lipinski definition) is 6. The van der Waals surface area contributed by atoms with Gasteiger partial charge >= 0.3 is 0 Å². The fourth-order valence-electron chi connectivity index (χ4n) is 12.4. The molecule has 0 radical (unpaired) electrons. The Morgan fingerprint density at radius 3 is 1.39 bits per heavy atom. The van der Waals surface area contributed by atoms with Crippen LogP contribution in [0.25, 0.3) is 0 Å². The van der Waals surface area contributed by atoms with E-state index in [-0.39, 0.29) is 25.6 Å². The van der Waals surface area contributed by atoms with E-state index in [1.54, 1.807) is 0 Å². The number of rotatable bonds is 2. The van der Waals surface area contributed by atoms with Gasteiger partial charge in [-0.05, 0) is 129 Å². The summed E-state index contributed by atoms with van der Waals surface area (Å²) >= 11 is 0. The number of nitrogens with zero attached hydrogens (tertiary/aromatic N) is 2. The smallest absolute Gasteiger partial charge is 0.260 e. The van der Waals surface area contributed by atoms with E-state index in [9.17, 15) is 0 Å². The number of benzene rings is 9. The van der Waals surface area contributed by atoms with Gasteiger partial charge in [-0.3, -0.25) is 0 Å². The normalized spacial score (nSPS) is 14.5. The van der Waals surface area contributed by atoms with Gasteiger partial charge in [-0.25, -0.2) is 0 Å². The average Bonchev–Trinajstić information content (AvgIpc) is 3.36. The van der Waals surface area contributed by atoms with Crippen LogP contribution < -0.4 is 77.9 Å². The molecule has 0 unspecified atom stereocenters. The first-order valence-electron chi connectivity index (χ1n) is 24.1. The molecule has 0 saturated carbocycles. The highest BCUT2D eigenvalue weighted by Crippen LogP contribution is 2.50. The fourth-order valence-corrected chi connectivity index (χ4v) is 12.4. The topological polar surface area (TPSA) is 43.4 Å². The fraction of sp³-hybridized carbons (Fsp3) is 0.100. The molecule has 6 nitrogen and oxygen atoms in total. The van der Waals surface area contributed by atoms with E-state index in [1.807, 2.05) is 6.07 Å². The van der Waals surface area contributed by atoms with Gasteiger partial charge in [0, 0.05) is 57.2 Å². The maximum atomic E-state index is 7.50. The summed E-state index contributed by atoms with van der Waals surface area (Å²) in [7, 11) is 0. The third kappa shape index (κ3) is 5.30. The van der Waals surface area contributed by atoms with Crippen LogP contribution in [0.1, 0.15) is 37.5 Å². The molecule has 69 heavy (non-hydrogen) atoms. The molecule has 9 heteroatoms. The molecule has 0 N–H and O–H groups in total. The van der Waals surface area contributed by atoms with Crippen LogP contribution in [0.3, 0.4) is 0 Å². The molecular formula is C60H43B3N2O4. The predicted octanol–water partition coefficient (Wildman–Crippen LogP) is 9.14. The Bertz CT molecular complexity index is 3740. The van der Waals surface area contributed by atoms with Crippen LogP contribution in [0.2, 0.25) is 0 Å². The summed E-state index contributed by atoms with van der Waals surface area (Å²) in [6, 6.07) is 61.3. The lowest BCUT2D eigenvalue weighted by Crippen LogP contribution is -2.66. The van der Waals surface area contributed by atoms with Crippen LogP contribution in [-0.4, -0.2) is 20.1 Å². The Morgan fingerprint density at radius 1 is 0.333 bits per heavy atom. The third-order valence-electron chi connectivity index (χ3n) is 15.5. The van der Waals surface area contributed by atoms with E-state index in [4.69, 9.17) is 18.9 Å². The molecule has 6 heterocycles. The van der Waals surface area contributed by atoms with Crippen LogP contribution in [0.5, 0.6) is 46.0 Å². The zero-order chi connectivity index (χ0) is 46.0. The Hall–Kier alpha value is -8.03. The molecule has 0 aliphatic carbocycles. The van der Waals surface area contributed by atoms with Crippen LogP contribution in [0.4, 0.5) is 34.1 Å². The minimum atomic E-state index is -0.269. The molecule has 9 aromatic carbocycles. The minimum absolute atomic E-state index is 0.0941. The van der Waals surface area contributed by atoms with Crippen LogP contribution in [-0.2, 0) is 5.41 Å². The molecule has 6 aliphatic heterocycles. The van der Waals surface area contributed by atoms with Crippen molar-refractivity contribution in [2.75, 3.05) is 9.80 Å². The summed E-state index contributed by atoms with van der Waals surface area (Å²) in [6.45, 7) is 10.9. The SMILES string of the molecule is Cc1ccccc1N1c2cc3c(cc2B2c4c1cc(C(C)(C)C)cc4N(c1ccccc1C)c1cc4c5c(c12)Oc1ccccc1B5c1ccccc1O4)B1c2ccccc2Oc2cccc(c21)O3. The lowest BCUT2D eigenvalue weighted by atomic mass is 9.29. The van der Waals surface area contributed by atoms with Crippen molar-refractivity contribution in [2.24, 2.45) is 0 Å². The third-order valence-corrected chi connectivity index (χ3v) is 15.5. The highest BCUT2D eigenvalue weighted by atomic mass is 16.5. The van der Waals surface area contributed by atoms with Gasteiger partial charge < -0.3 is 28.7 Å². The first-order valence-corrected chi connectivity index (χ1v) is 24.1. The van der Waals surface area contributed by atoms with E-state index < -0.39 is 0 Å². The van der Waals surface area contributed by atoms with Gasteiger partial charge in [0.2, 0.25) is 0 Å². The molecule has 0 spiro atoms. The second-order valence-corrected chi connectivity index (χ2v) is 20.4. The van der Waals surface area contributed by atoms with E-state index in [1.165, 1.54) is 27.6 Å². The van der Waals surface area contributed by atoms with Gasteiger partial charge in [0.1, 0.15) is 46.0 Å². The van der Waals surface area contributed by atoms with E-state index in [0.717, 1.165) is 118 Å². The summed E-state index contributed by atoms with van der Waals surface area (Å²) in [5.41, 5.74) is 20.2. The van der Waals surface area contributed by atoms with Crippen LogP contribution >= 0.6 is 0 Å². The van der Waals surface area contributed by atoms with Crippen molar-refractivity contribution in [1.29, 1.82) is 0 Å². The standard InChI is InChI=1S/C60H43B3N2O4/c1-34-17-6-11-22-42(34)64-44-32-53-41(62-38-20-9-13-24-48(38)66-51-27-16-28-52(68-53)57(51)62)31-40(44)63-55-45(64)29-36(60(3,4)5)30-46(55)65(43-23-12-7-18-35(43)2)47-33-54-58-59(56(47)63)69-50-26-15-10-21-39(50)61(58)37-19-8-14-25-49(37)67-54/h6-33H,1-5H3. The van der Waals surface area contributed by atoms with Crippen molar-refractivity contribution in [2.45, 2.75) is 40.0 Å². The molecule has 6 aliphatic rings. The summed E-state index contributed by atoms with van der Waals surface area (Å²) in [6.07, 6.45) is 0. The molecule has 0 amide bonds. The first kappa shape index (κ1) is 39.0. The van der Waals surface area contributed by atoms with Crippen molar-refractivity contribution in [1.82, 2.24) is 0 Å². The molecular weight excluding hydrogens is 845 g/mol. The average molecular weight is 888 g/mol. The van der Waals surface area contributed by atoms with E-state index >= 15 is 0 Å². The van der Waals surface area contributed by atoms with Crippen molar-refractivity contribution >= 4 is 103 Å². The van der Waals surface area contributed by atoms with Gasteiger partial charge in [-0.15, -0.1) is 0 Å². The number of hydrogen-bond donors (Lipinski definition) is 0. The Labute approximate surface area is 402 Å². The molecule has 326 valence electrons. The maximum Gasteiger partial charge on any atom is 0.260 e. The quantitative estimate of drug-likeness (QED) is 0.162. The predicted molar refractivity (Wildman–Crippen MR) is 284 cm³/mol. The Morgan fingerprint density at radius 2 is 0.797 bits per heavy atom. The number of fused-ring (bicyclic) bond motifs is 13. The van der Waals surface area contributed by atoms with Gasteiger partial charge in [0.25, 0.3) is 20.1 Å². The molecule has 15 rings (SSSR count). The van der Waals surface area contributed by atoms with Gasteiger partial charge in [0.15, 0.2) is 0 Å². The molecule has 0 atom stereocenters.